The molecule has 0 unspecified atom stereocenters. The first kappa shape index (κ1) is 11.3. The summed E-state index contributed by atoms with van der Waals surface area (Å²) >= 11 is 0. The molecule has 1 rings (SSSR count). The summed E-state index contributed by atoms with van der Waals surface area (Å²) in [6.07, 6.45) is 3.08. The highest BCUT2D eigenvalue weighted by Gasteiger charge is 2.11. The van der Waals surface area contributed by atoms with E-state index >= 15 is 0 Å². The molecule has 0 spiro atoms. The van der Waals surface area contributed by atoms with E-state index in [1.54, 1.807) is 13.2 Å². The van der Waals surface area contributed by atoms with Crippen molar-refractivity contribution in [3.8, 4) is 11.6 Å². The SMILES string of the molecule is C=CCOc1ncnc(NCC)c1OC. The van der Waals surface area contributed by atoms with E-state index in [1.165, 1.54) is 6.33 Å². The zero-order valence-electron chi connectivity index (χ0n) is 8.99. The Balaban J connectivity index is 2.93. The van der Waals surface area contributed by atoms with Crippen LogP contribution in [0.2, 0.25) is 0 Å². The molecule has 0 aromatic carbocycles. The number of hydrogen-bond acceptors (Lipinski definition) is 5. The minimum atomic E-state index is 0.388. The zero-order chi connectivity index (χ0) is 11.1. The van der Waals surface area contributed by atoms with Crippen molar-refractivity contribution >= 4 is 5.82 Å². The Morgan fingerprint density at radius 3 is 2.93 bits per heavy atom. The Bertz CT molecular complexity index is 328. The van der Waals surface area contributed by atoms with Crippen LogP contribution in [-0.4, -0.2) is 30.2 Å². The van der Waals surface area contributed by atoms with E-state index in [0.717, 1.165) is 6.54 Å². The van der Waals surface area contributed by atoms with Crippen molar-refractivity contribution in [1.29, 1.82) is 0 Å². The Hall–Kier alpha value is -1.78. The molecule has 0 saturated carbocycles. The van der Waals surface area contributed by atoms with Crippen molar-refractivity contribution in [1.82, 2.24) is 9.97 Å². The number of anilines is 1. The first-order chi connectivity index (χ1) is 7.33. The number of nitrogens with one attached hydrogen (secondary N) is 1. The second-order valence-corrected chi connectivity index (χ2v) is 2.69. The van der Waals surface area contributed by atoms with Crippen LogP contribution in [0.3, 0.4) is 0 Å². The fourth-order valence-electron chi connectivity index (χ4n) is 1.08. The molecule has 5 heteroatoms. The van der Waals surface area contributed by atoms with Crippen LogP contribution in [-0.2, 0) is 0 Å². The summed E-state index contributed by atoms with van der Waals surface area (Å²) < 4.78 is 10.5. The van der Waals surface area contributed by atoms with Gasteiger partial charge in [-0.3, -0.25) is 0 Å². The van der Waals surface area contributed by atoms with E-state index in [9.17, 15) is 0 Å². The second kappa shape index (κ2) is 5.85. The van der Waals surface area contributed by atoms with Gasteiger partial charge < -0.3 is 14.8 Å². The molecule has 1 aromatic heterocycles. The molecular weight excluding hydrogens is 194 g/mol. The van der Waals surface area contributed by atoms with Gasteiger partial charge in [0, 0.05) is 6.54 Å². The smallest absolute Gasteiger partial charge is 0.262 e. The van der Waals surface area contributed by atoms with Gasteiger partial charge in [0.2, 0.25) is 5.75 Å². The van der Waals surface area contributed by atoms with E-state index in [1.807, 2.05) is 6.92 Å². The van der Waals surface area contributed by atoms with E-state index in [0.29, 0.717) is 24.1 Å². The van der Waals surface area contributed by atoms with Crippen LogP contribution in [0.25, 0.3) is 0 Å². The lowest BCUT2D eigenvalue weighted by Gasteiger charge is -2.11. The largest absolute Gasteiger partial charge is 0.489 e. The Morgan fingerprint density at radius 1 is 1.53 bits per heavy atom. The molecule has 1 N–H and O–H groups in total. The molecule has 0 aliphatic carbocycles. The van der Waals surface area contributed by atoms with Crippen molar-refractivity contribution in [3.05, 3.63) is 19.0 Å². The number of nitrogens with zero attached hydrogens (tertiary/aromatic N) is 2. The van der Waals surface area contributed by atoms with Gasteiger partial charge in [-0.1, -0.05) is 12.7 Å². The molecule has 0 saturated heterocycles. The average Bonchev–Trinajstić information content (AvgIpc) is 2.27. The summed E-state index contributed by atoms with van der Waals surface area (Å²) in [5.74, 6) is 1.57. The lowest BCUT2D eigenvalue weighted by molar-refractivity contribution is 0.313. The van der Waals surface area contributed by atoms with Gasteiger partial charge in [0.15, 0.2) is 5.82 Å². The maximum Gasteiger partial charge on any atom is 0.262 e. The van der Waals surface area contributed by atoms with Gasteiger partial charge in [0.1, 0.15) is 12.9 Å². The van der Waals surface area contributed by atoms with Crippen LogP contribution in [0.15, 0.2) is 19.0 Å². The summed E-state index contributed by atoms with van der Waals surface area (Å²) in [5, 5.41) is 3.06. The molecule has 0 fully saturated rings. The van der Waals surface area contributed by atoms with Gasteiger partial charge in [-0.15, -0.1) is 0 Å². The Kier molecular flexibility index (Phi) is 4.40. The van der Waals surface area contributed by atoms with E-state index < -0.39 is 0 Å². The van der Waals surface area contributed by atoms with Crippen LogP contribution < -0.4 is 14.8 Å². The van der Waals surface area contributed by atoms with Crippen molar-refractivity contribution in [2.45, 2.75) is 6.92 Å². The highest BCUT2D eigenvalue weighted by molar-refractivity contribution is 5.54. The summed E-state index contributed by atoms with van der Waals surface area (Å²) in [4.78, 5) is 8.04. The highest BCUT2D eigenvalue weighted by atomic mass is 16.5. The molecule has 0 radical (unpaired) electrons. The number of ether oxygens (including phenoxy) is 2. The minimum Gasteiger partial charge on any atom is -0.489 e. The van der Waals surface area contributed by atoms with Gasteiger partial charge in [0.05, 0.1) is 7.11 Å². The number of hydrogen-bond donors (Lipinski definition) is 1. The fourth-order valence-corrected chi connectivity index (χ4v) is 1.08. The summed E-state index contributed by atoms with van der Waals surface area (Å²) in [5.41, 5.74) is 0. The maximum atomic E-state index is 5.33. The topological polar surface area (TPSA) is 56.3 Å². The van der Waals surface area contributed by atoms with Crippen molar-refractivity contribution < 1.29 is 9.47 Å². The summed E-state index contributed by atoms with van der Waals surface area (Å²) in [6.45, 7) is 6.69. The molecule has 82 valence electrons. The Morgan fingerprint density at radius 2 is 2.33 bits per heavy atom. The maximum absolute atomic E-state index is 5.33. The third-order valence-corrected chi connectivity index (χ3v) is 1.66. The van der Waals surface area contributed by atoms with E-state index in [4.69, 9.17) is 9.47 Å². The zero-order valence-corrected chi connectivity index (χ0v) is 8.99. The summed E-state index contributed by atoms with van der Waals surface area (Å²) in [6, 6.07) is 0. The molecule has 0 aliphatic heterocycles. The van der Waals surface area contributed by atoms with Crippen LogP contribution in [0.4, 0.5) is 5.82 Å². The van der Waals surface area contributed by atoms with Gasteiger partial charge >= 0.3 is 0 Å². The van der Waals surface area contributed by atoms with Crippen LogP contribution in [0, 0.1) is 0 Å². The van der Waals surface area contributed by atoms with Gasteiger partial charge in [-0.2, -0.15) is 4.98 Å². The minimum absolute atomic E-state index is 0.388. The Labute approximate surface area is 89.1 Å². The molecule has 0 aliphatic rings. The van der Waals surface area contributed by atoms with Crippen molar-refractivity contribution in [3.63, 3.8) is 0 Å². The first-order valence-electron chi connectivity index (χ1n) is 4.70. The van der Waals surface area contributed by atoms with Gasteiger partial charge in [-0.05, 0) is 6.92 Å². The van der Waals surface area contributed by atoms with Gasteiger partial charge in [0.25, 0.3) is 5.88 Å². The number of rotatable bonds is 6. The van der Waals surface area contributed by atoms with Crippen LogP contribution >= 0.6 is 0 Å². The summed E-state index contributed by atoms with van der Waals surface area (Å²) in [7, 11) is 1.56. The lowest BCUT2D eigenvalue weighted by Crippen LogP contribution is -2.05. The monoisotopic (exact) mass is 209 g/mol. The normalized spacial score (nSPS) is 9.47. The lowest BCUT2D eigenvalue weighted by atomic mass is 10.5. The standard InChI is InChI=1S/C10H15N3O2/c1-4-6-15-10-8(14-3)9(11-5-2)12-7-13-10/h4,7H,1,5-6H2,2-3H3,(H,11,12,13). The van der Waals surface area contributed by atoms with E-state index in [2.05, 4.69) is 21.9 Å². The fraction of sp³-hybridized carbons (Fsp3) is 0.400. The molecule has 15 heavy (non-hydrogen) atoms. The third-order valence-electron chi connectivity index (χ3n) is 1.66. The van der Waals surface area contributed by atoms with Crippen LogP contribution in [0.1, 0.15) is 6.92 Å². The molecule has 1 heterocycles. The predicted molar refractivity (Wildman–Crippen MR) is 58.4 cm³/mol. The highest BCUT2D eigenvalue weighted by Crippen LogP contribution is 2.30. The molecule has 0 bridgehead atoms. The third kappa shape index (κ3) is 2.83. The molecular formula is C10H15N3O2. The van der Waals surface area contributed by atoms with Crippen molar-refractivity contribution in [2.24, 2.45) is 0 Å². The quantitative estimate of drug-likeness (QED) is 0.719. The number of aromatic nitrogens is 2. The van der Waals surface area contributed by atoms with E-state index in [-0.39, 0.29) is 0 Å². The second-order valence-electron chi connectivity index (χ2n) is 2.69. The first-order valence-corrected chi connectivity index (χ1v) is 4.70. The molecule has 0 amide bonds. The molecule has 0 atom stereocenters. The average molecular weight is 209 g/mol. The van der Waals surface area contributed by atoms with Gasteiger partial charge in [-0.25, -0.2) is 4.98 Å². The number of methoxy groups -OCH3 is 1. The predicted octanol–water partition coefficient (Wildman–Crippen LogP) is 1.48. The molecule has 1 aromatic rings. The molecule has 5 nitrogen and oxygen atoms in total. The van der Waals surface area contributed by atoms with Crippen molar-refractivity contribution in [2.75, 3.05) is 25.6 Å². The van der Waals surface area contributed by atoms with Crippen LogP contribution in [0.5, 0.6) is 11.6 Å².